The molecule has 1 aromatic rings. The predicted molar refractivity (Wildman–Crippen MR) is 70.4 cm³/mol. The van der Waals surface area contributed by atoms with Crippen LogP contribution in [0.25, 0.3) is 0 Å². The lowest BCUT2D eigenvalue weighted by molar-refractivity contribution is -0.00201. The quantitative estimate of drug-likeness (QED) is 0.824. The van der Waals surface area contributed by atoms with Crippen LogP contribution in [0.15, 0.2) is 4.52 Å². The van der Waals surface area contributed by atoms with Gasteiger partial charge in [0.25, 0.3) is 5.89 Å². The van der Waals surface area contributed by atoms with Crippen molar-refractivity contribution in [1.82, 2.24) is 14.4 Å². The van der Waals surface area contributed by atoms with Gasteiger partial charge < -0.3 is 9.26 Å². The molecule has 3 atom stereocenters. The molecule has 3 rings (SSSR count). The highest BCUT2D eigenvalue weighted by molar-refractivity contribution is 7.89. The van der Waals surface area contributed by atoms with Crippen LogP contribution in [-0.4, -0.2) is 47.8 Å². The maximum Gasteiger partial charge on any atom is 0.255 e. The minimum Gasteiger partial charge on any atom is -0.363 e. The van der Waals surface area contributed by atoms with Crippen LogP contribution in [0.1, 0.15) is 37.6 Å². The summed E-state index contributed by atoms with van der Waals surface area (Å²) in [6, 6.07) is 0. The summed E-state index contributed by atoms with van der Waals surface area (Å²) in [5, 5.41) is 3.77. The van der Waals surface area contributed by atoms with Gasteiger partial charge in [0.05, 0.1) is 11.9 Å². The first kappa shape index (κ1) is 14.0. The molecule has 0 N–H and O–H groups in total. The van der Waals surface area contributed by atoms with Gasteiger partial charge in [-0.3, -0.25) is 0 Å². The van der Waals surface area contributed by atoms with E-state index in [1.807, 2.05) is 0 Å². The lowest BCUT2D eigenvalue weighted by Crippen LogP contribution is -2.45. The fourth-order valence-corrected chi connectivity index (χ4v) is 4.06. The van der Waals surface area contributed by atoms with Gasteiger partial charge in [-0.05, 0) is 32.6 Å². The maximum atomic E-state index is 11.9. The molecule has 7 nitrogen and oxygen atoms in total. The molecule has 0 amide bonds. The summed E-state index contributed by atoms with van der Waals surface area (Å²) in [6.07, 6.45) is 1.39. The summed E-state index contributed by atoms with van der Waals surface area (Å²) in [5.41, 5.74) is 0. The van der Waals surface area contributed by atoms with Crippen molar-refractivity contribution in [2.45, 2.75) is 38.9 Å². The third-order valence-electron chi connectivity index (χ3n) is 4.09. The number of aryl methyl sites for hydroxylation is 1. The van der Waals surface area contributed by atoms with E-state index in [0.29, 0.717) is 30.7 Å². The molecular formula is C12H19N3O4S. The minimum atomic E-state index is -3.14. The Morgan fingerprint density at radius 2 is 2.25 bits per heavy atom. The number of piperidine rings is 1. The number of fused-ring (bicyclic) bond motifs is 1. The molecule has 2 aliphatic rings. The molecule has 0 aromatic carbocycles. The molecule has 0 radical (unpaired) electrons. The van der Waals surface area contributed by atoms with Crippen LogP contribution in [0.5, 0.6) is 0 Å². The lowest BCUT2D eigenvalue weighted by Gasteiger charge is -2.32. The zero-order chi connectivity index (χ0) is 14.3. The summed E-state index contributed by atoms with van der Waals surface area (Å²) in [4.78, 5) is 4.20. The van der Waals surface area contributed by atoms with Crippen molar-refractivity contribution in [3.05, 3.63) is 11.7 Å². The number of aromatic nitrogens is 2. The van der Waals surface area contributed by atoms with Crippen molar-refractivity contribution in [2.75, 3.05) is 18.8 Å². The number of sulfonamides is 1. The van der Waals surface area contributed by atoms with Crippen molar-refractivity contribution in [2.24, 2.45) is 5.92 Å². The van der Waals surface area contributed by atoms with Crippen LogP contribution in [0.4, 0.5) is 0 Å². The SMILES string of the molecule is CCS(=O)(=O)N1CC[C@@H]2C[C@@H](c3nc(C)no3)O[C@H]2C1. The van der Waals surface area contributed by atoms with Gasteiger partial charge in [-0.1, -0.05) is 5.16 Å². The lowest BCUT2D eigenvalue weighted by atomic mass is 9.93. The second kappa shape index (κ2) is 5.09. The Hall–Kier alpha value is -0.990. The van der Waals surface area contributed by atoms with Gasteiger partial charge in [0, 0.05) is 13.1 Å². The Bertz CT molecular complexity index is 585. The molecule has 8 heteroatoms. The number of nitrogens with zero attached hydrogens (tertiary/aromatic N) is 3. The first-order chi connectivity index (χ1) is 9.49. The van der Waals surface area contributed by atoms with Crippen LogP contribution in [0.3, 0.4) is 0 Å². The van der Waals surface area contributed by atoms with Crippen LogP contribution >= 0.6 is 0 Å². The zero-order valence-electron chi connectivity index (χ0n) is 11.7. The molecule has 0 unspecified atom stereocenters. The van der Waals surface area contributed by atoms with E-state index in [2.05, 4.69) is 10.1 Å². The van der Waals surface area contributed by atoms with E-state index in [1.165, 1.54) is 4.31 Å². The Labute approximate surface area is 118 Å². The number of ether oxygens (including phenoxy) is 1. The average Bonchev–Trinajstić information content (AvgIpc) is 3.03. The molecule has 0 saturated carbocycles. The van der Waals surface area contributed by atoms with Crippen molar-refractivity contribution in [3.63, 3.8) is 0 Å². The Balaban J connectivity index is 1.70. The Kier molecular flexibility index (Phi) is 3.55. The highest BCUT2D eigenvalue weighted by atomic mass is 32.2. The molecule has 2 fully saturated rings. The Morgan fingerprint density at radius 3 is 2.90 bits per heavy atom. The molecule has 2 aliphatic heterocycles. The molecular weight excluding hydrogens is 282 g/mol. The molecule has 0 spiro atoms. The summed E-state index contributed by atoms with van der Waals surface area (Å²) < 4.78 is 36.5. The molecule has 112 valence electrons. The Morgan fingerprint density at radius 1 is 1.45 bits per heavy atom. The summed E-state index contributed by atoms with van der Waals surface area (Å²) >= 11 is 0. The van der Waals surface area contributed by atoms with Crippen LogP contribution < -0.4 is 0 Å². The van der Waals surface area contributed by atoms with Gasteiger partial charge in [0.15, 0.2) is 5.82 Å². The summed E-state index contributed by atoms with van der Waals surface area (Å²) in [5.74, 6) is 1.60. The topological polar surface area (TPSA) is 85.5 Å². The highest BCUT2D eigenvalue weighted by Gasteiger charge is 2.43. The second-order valence-electron chi connectivity index (χ2n) is 5.39. The van der Waals surface area contributed by atoms with Gasteiger partial charge in [0.2, 0.25) is 10.0 Å². The van der Waals surface area contributed by atoms with Crippen LogP contribution in [-0.2, 0) is 14.8 Å². The van der Waals surface area contributed by atoms with E-state index in [0.717, 1.165) is 12.8 Å². The molecule has 3 heterocycles. The van der Waals surface area contributed by atoms with Gasteiger partial charge in [0.1, 0.15) is 6.10 Å². The third kappa shape index (κ3) is 2.47. The van der Waals surface area contributed by atoms with Gasteiger partial charge in [-0.2, -0.15) is 9.29 Å². The monoisotopic (exact) mass is 301 g/mol. The molecule has 0 aliphatic carbocycles. The van der Waals surface area contributed by atoms with Crippen LogP contribution in [0, 0.1) is 12.8 Å². The van der Waals surface area contributed by atoms with E-state index < -0.39 is 10.0 Å². The van der Waals surface area contributed by atoms with Crippen molar-refractivity contribution in [3.8, 4) is 0 Å². The number of hydrogen-bond acceptors (Lipinski definition) is 6. The van der Waals surface area contributed by atoms with Gasteiger partial charge >= 0.3 is 0 Å². The normalized spacial score (nSPS) is 31.4. The largest absolute Gasteiger partial charge is 0.363 e. The average molecular weight is 301 g/mol. The summed E-state index contributed by atoms with van der Waals surface area (Å²) in [7, 11) is -3.14. The fourth-order valence-electron chi connectivity index (χ4n) is 2.94. The van der Waals surface area contributed by atoms with Crippen LogP contribution in [0.2, 0.25) is 0 Å². The fraction of sp³-hybridized carbons (Fsp3) is 0.833. The van der Waals surface area contributed by atoms with E-state index in [4.69, 9.17) is 9.26 Å². The van der Waals surface area contributed by atoms with E-state index in [1.54, 1.807) is 13.8 Å². The van der Waals surface area contributed by atoms with Crippen molar-refractivity contribution < 1.29 is 17.7 Å². The smallest absolute Gasteiger partial charge is 0.255 e. The van der Waals surface area contributed by atoms with E-state index in [-0.39, 0.29) is 18.0 Å². The zero-order valence-corrected chi connectivity index (χ0v) is 12.5. The second-order valence-corrected chi connectivity index (χ2v) is 7.64. The first-order valence-corrected chi connectivity index (χ1v) is 8.54. The summed E-state index contributed by atoms with van der Waals surface area (Å²) in [6.45, 7) is 4.45. The maximum absolute atomic E-state index is 11.9. The predicted octanol–water partition coefficient (Wildman–Crippen LogP) is 0.880. The van der Waals surface area contributed by atoms with E-state index in [9.17, 15) is 8.42 Å². The minimum absolute atomic E-state index is 0.0673. The highest BCUT2D eigenvalue weighted by Crippen LogP contribution is 2.40. The number of hydrogen-bond donors (Lipinski definition) is 0. The molecule has 1 aromatic heterocycles. The first-order valence-electron chi connectivity index (χ1n) is 6.93. The van der Waals surface area contributed by atoms with E-state index >= 15 is 0 Å². The molecule has 0 bridgehead atoms. The third-order valence-corrected chi connectivity index (χ3v) is 5.94. The number of rotatable bonds is 3. The van der Waals surface area contributed by atoms with Gasteiger partial charge in [-0.15, -0.1) is 0 Å². The molecule has 20 heavy (non-hydrogen) atoms. The molecule has 2 saturated heterocycles. The van der Waals surface area contributed by atoms with Crippen molar-refractivity contribution >= 4 is 10.0 Å². The van der Waals surface area contributed by atoms with Gasteiger partial charge in [-0.25, -0.2) is 8.42 Å². The van der Waals surface area contributed by atoms with Crippen molar-refractivity contribution in [1.29, 1.82) is 0 Å². The standard InChI is InChI=1S/C12H19N3O4S/c1-3-20(16,17)15-5-4-9-6-10(18-11(9)7-15)12-13-8(2)14-19-12/h9-11H,3-7H2,1-2H3/t9-,10+,11+/m1/s1.